The van der Waals surface area contributed by atoms with Gasteiger partial charge in [0.15, 0.2) is 0 Å². The molecule has 11 heavy (non-hydrogen) atoms. The molecule has 6 heteroatoms. The van der Waals surface area contributed by atoms with E-state index in [1.165, 1.54) is 6.08 Å². The lowest BCUT2D eigenvalue weighted by Gasteiger charge is -1.72. The van der Waals surface area contributed by atoms with Gasteiger partial charge in [0.05, 0.1) is 6.33 Å². The molecule has 0 aliphatic heterocycles. The summed E-state index contributed by atoms with van der Waals surface area (Å²) >= 11 is 0. The highest BCUT2D eigenvalue weighted by molar-refractivity contribution is 6.27. The Bertz CT molecular complexity index is 145. The smallest absolute Gasteiger partial charge is 0.414 e. The molecule has 0 amide bonds. The Morgan fingerprint density at radius 1 is 1.36 bits per heavy atom. The van der Waals surface area contributed by atoms with Crippen LogP contribution in [0.2, 0.25) is 0 Å². The molecule has 0 aromatic carbocycles. The van der Waals surface area contributed by atoms with Gasteiger partial charge in [0.2, 0.25) is 0 Å². The first-order chi connectivity index (χ1) is 5.06. The van der Waals surface area contributed by atoms with Crippen LogP contribution in [-0.2, 0) is 9.59 Å². The lowest BCUT2D eigenvalue weighted by atomic mass is 10.7. The fourth-order valence-electron chi connectivity index (χ4n) is 0.0514. The monoisotopic (exact) mass is 165 g/mol. The van der Waals surface area contributed by atoms with Gasteiger partial charge in [-0.25, -0.2) is 14.0 Å². The van der Waals surface area contributed by atoms with Gasteiger partial charge in [-0.2, -0.15) is 0 Å². The number of halogens is 1. The van der Waals surface area contributed by atoms with Crippen LogP contribution >= 0.6 is 0 Å². The van der Waals surface area contributed by atoms with Crippen LogP contribution in [0.3, 0.4) is 0 Å². The molecular formula is C5H8FNO4. The van der Waals surface area contributed by atoms with Crippen molar-refractivity contribution in [3.8, 4) is 0 Å². The summed E-state index contributed by atoms with van der Waals surface area (Å²) in [5.41, 5.74) is 4.81. The average Bonchev–Trinajstić information content (AvgIpc) is 1.90. The largest absolute Gasteiger partial charge is 0.473 e. The summed E-state index contributed by atoms with van der Waals surface area (Å²) in [6.07, 6.45) is 1.67. The third kappa shape index (κ3) is 17.7. The van der Waals surface area contributed by atoms with E-state index in [0.29, 0.717) is 6.33 Å². The topological polar surface area (TPSA) is 101 Å². The first-order valence-corrected chi connectivity index (χ1v) is 2.47. The zero-order chi connectivity index (χ0) is 9.28. The maximum Gasteiger partial charge on any atom is 0.414 e. The van der Waals surface area contributed by atoms with Crippen LogP contribution < -0.4 is 5.73 Å². The van der Waals surface area contributed by atoms with Crippen molar-refractivity contribution in [1.29, 1.82) is 0 Å². The van der Waals surface area contributed by atoms with Crippen molar-refractivity contribution in [3.05, 3.63) is 12.4 Å². The molecule has 0 aliphatic carbocycles. The normalized spacial score (nSPS) is 8.55. The number of carboxylic acid groups (broad SMARTS) is 2. The summed E-state index contributed by atoms with van der Waals surface area (Å²) in [6.45, 7) is 0.288. The molecule has 0 bridgehead atoms. The number of hydrogen-bond donors (Lipinski definition) is 3. The fraction of sp³-hybridized carbons (Fsp3) is 0.200. The standard InChI is InChI=1S/C3H6FN.C2H2O4/c4-2-1-3-5;3-1(4)2(5)6/h1-2H,3,5H2;(H,3,4)(H,5,6). The summed E-state index contributed by atoms with van der Waals surface area (Å²) < 4.78 is 10.7. The highest BCUT2D eigenvalue weighted by atomic mass is 19.1. The molecule has 4 N–H and O–H groups in total. The summed E-state index contributed by atoms with van der Waals surface area (Å²) in [5.74, 6) is -3.65. The van der Waals surface area contributed by atoms with Gasteiger partial charge >= 0.3 is 11.9 Å². The summed E-state index contributed by atoms with van der Waals surface area (Å²) in [6, 6.07) is 0. The van der Waals surface area contributed by atoms with Crippen LogP contribution in [0.4, 0.5) is 4.39 Å². The minimum Gasteiger partial charge on any atom is -0.473 e. The molecule has 0 rings (SSSR count). The van der Waals surface area contributed by atoms with E-state index in [0.717, 1.165) is 0 Å². The second-order valence-corrected chi connectivity index (χ2v) is 1.21. The van der Waals surface area contributed by atoms with Gasteiger partial charge in [0.1, 0.15) is 0 Å². The Morgan fingerprint density at radius 2 is 1.73 bits per heavy atom. The van der Waals surface area contributed by atoms with E-state index in [1.54, 1.807) is 0 Å². The van der Waals surface area contributed by atoms with Gasteiger partial charge in [-0.1, -0.05) is 0 Å². The third-order valence-corrected chi connectivity index (χ3v) is 0.408. The Balaban J connectivity index is 0. The van der Waals surface area contributed by atoms with Gasteiger partial charge < -0.3 is 15.9 Å². The molecule has 64 valence electrons. The summed E-state index contributed by atoms with van der Waals surface area (Å²) in [7, 11) is 0. The molecule has 0 atom stereocenters. The number of nitrogens with two attached hydrogens (primary N) is 1. The van der Waals surface area contributed by atoms with Crippen LogP contribution in [0.1, 0.15) is 0 Å². The molecule has 0 saturated carbocycles. The van der Waals surface area contributed by atoms with Gasteiger partial charge in [0, 0.05) is 6.54 Å². The van der Waals surface area contributed by atoms with E-state index in [1.807, 2.05) is 0 Å². The lowest BCUT2D eigenvalue weighted by molar-refractivity contribution is -0.159. The van der Waals surface area contributed by atoms with E-state index < -0.39 is 11.9 Å². The van der Waals surface area contributed by atoms with Gasteiger partial charge in [-0.15, -0.1) is 0 Å². The molecule has 0 saturated heterocycles. The van der Waals surface area contributed by atoms with Crippen molar-refractivity contribution in [2.75, 3.05) is 6.54 Å². The Labute approximate surface area is 61.9 Å². The maximum atomic E-state index is 10.7. The number of aliphatic carboxylic acids is 2. The molecule has 0 aliphatic rings. The van der Waals surface area contributed by atoms with Crippen molar-refractivity contribution >= 4 is 11.9 Å². The van der Waals surface area contributed by atoms with E-state index in [9.17, 15) is 4.39 Å². The maximum absolute atomic E-state index is 10.7. The second-order valence-electron chi connectivity index (χ2n) is 1.21. The van der Waals surface area contributed by atoms with E-state index in [-0.39, 0.29) is 6.54 Å². The third-order valence-electron chi connectivity index (χ3n) is 0.408. The van der Waals surface area contributed by atoms with Crippen LogP contribution in [0, 0.1) is 0 Å². The Hall–Kier alpha value is -1.43. The quantitative estimate of drug-likeness (QED) is 0.458. The lowest BCUT2D eigenvalue weighted by Crippen LogP contribution is -2.09. The predicted molar refractivity (Wildman–Crippen MR) is 34.6 cm³/mol. The molecule has 0 radical (unpaired) electrons. The van der Waals surface area contributed by atoms with Crippen LogP contribution in [0.25, 0.3) is 0 Å². The molecular weight excluding hydrogens is 157 g/mol. The summed E-state index contributed by atoms with van der Waals surface area (Å²) in [4.78, 5) is 18.2. The highest BCUT2D eigenvalue weighted by Crippen LogP contribution is 1.63. The average molecular weight is 165 g/mol. The number of carbonyl (C=O) groups is 2. The minimum atomic E-state index is -1.82. The minimum absolute atomic E-state index is 0.288. The molecule has 5 nitrogen and oxygen atoms in total. The zero-order valence-corrected chi connectivity index (χ0v) is 5.53. The number of carboxylic acids is 2. The van der Waals surface area contributed by atoms with Gasteiger partial charge in [-0.3, -0.25) is 0 Å². The Kier molecular flexibility index (Phi) is 9.56. The fourth-order valence-corrected chi connectivity index (χ4v) is 0.0514. The first kappa shape index (κ1) is 12.3. The molecule has 0 heterocycles. The van der Waals surface area contributed by atoms with Crippen LogP contribution in [-0.4, -0.2) is 28.7 Å². The van der Waals surface area contributed by atoms with E-state index >= 15 is 0 Å². The molecule has 0 aromatic rings. The molecule has 0 spiro atoms. The van der Waals surface area contributed by atoms with Gasteiger partial charge in [-0.05, 0) is 6.08 Å². The summed E-state index contributed by atoms with van der Waals surface area (Å²) in [5, 5.41) is 14.8. The van der Waals surface area contributed by atoms with Crippen LogP contribution in [0.15, 0.2) is 12.4 Å². The second kappa shape index (κ2) is 8.57. The van der Waals surface area contributed by atoms with Crippen molar-refractivity contribution in [2.45, 2.75) is 0 Å². The Morgan fingerprint density at radius 3 is 1.73 bits per heavy atom. The highest BCUT2D eigenvalue weighted by Gasteiger charge is 2.04. The molecule has 0 fully saturated rings. The van der Waals surface area contributed by atoms with Crippen LogP contribution in [0.5, 0.6) is 0 Å². The number of hydrogen-bond acceptors (Lipinski definition) is 3. The molecule has 0 aromatic heterocycles. The number of rotatable bonds is 1. The SMILES string of the molecule is NCC=CF.O=C(O)C(=O)O. The van der Waals surface area contributed by atoms with Crippen molar-refractivity contribution < 1.29 is 24.2 Å². The van der Waals surface area contributed by atoms with Gasteiger partial charge in [0.25, 0.3) is 0 Å². The van der Waals surface area contributed by atoms with Crippen molar-refractivity contribution in [2.24, 2.45) is 5.73 Å². The van der Waals surface area contributed by atoms with Crippen molar-refractivity contribution in [3.63, 3.8) is 0 Å². The van der Waals surface area contributed by atoms with E-state index in [2.05, 4.69) is 0 Å². The first-order valence-electron chi connectivity index (χ1n) is 2.47. The van der Waals surface area contributed by atoms with Crippen molar-refractivity contribution in [1.82, 2.24) is 0 Å². The zero-order valence-electron chi connectivity index (χ0n) is 5.53. The predicted octanol–water partition coefficient (Wildman–Crippen LogP) is -0.416. The van der Waals surface area contributed by atoms with E-state index in [4.69, 9.17) is 25.5 Å². The molecule has 0 unspecified atom stereocenters.